The van der Waals surface area contributed by atoms with Crippen LogP contribution in [0.3, 0.4) is 0 Å². The fraction of sp³-hybridized carbons (Fsp3) is 0.188. The number of aryl methyl sites for hydroxylation is 1. The van der Waals surface area contributed by atoms with E-state index in [0.717, 1.165) is 22.3 Å². The van der Waals surface area contributed by atoms with E-state index in [2.05, 4.69) is 45.1 Å². The standard InChI is InChI=1S/C16H15BrN2/c1-12-3-6-14(10-18)16(9-12)19(2)11-13-4-7-15(17)8-5-13/h3-9H,11H2,1-2H3. The minimum Gasteiger partial charge on any atom is -0.369 e. The quantitative estimate of drug-likeness (QED) is 0.846. The Hall–Kier alpha value is -1.79. The molecule has 0 heterocycles. The molecule has 0 spiro atoms. The molecule has 0 saturated carbocycles. The molecule has 0 aliphatic heterocycles. The molecular formula is C16H15BrN2. The first kappa shape index (κ1) is 13.6. The highest BCUT2D eigenvalue weighted by molar-refractivity contribution is 9.10. The number of nitriles is 1. The molecule has 0 N–H and O–H groups in total. The third-order valence-electron chi connectivity index (χ3n) is 3.02. The second-order valence-corrected chi connectivity index (χ2v) is 5.53. The lowest BCUT2D eigenvalue weighted by Crippen LogP contribution is -2.17. The van der Waals surface area contributed by atoms with Gasteiger partial charge in [0.15, 0.2) is 0 Å². The first-order valence-electron chi connectivity index (χ1n) is 6.06. The van der Waals surface area contributed by atoms with Crippen molar-refractivity contribution in [1.29, 1.82) is 5.26 Å². The molecule has 0 radical (unpaired) electrons. The average molecular weight is 315 g/mol. The molecule has 0 aliphatic carbocycles. The molecule has 19 heavy (non-hydrogen) atoms. The number of benzene rings is 2. The van der Waals surface area contributed by atoms with Crippen LogP contribution in [0, 0.1) is 18.3 Å². The zero-order chi connectivity index (χ0) is 13.8. The van der Waals surface area contributed by atoms with Crippen molar-refractivity contribution in [2.45, 2.75) is 13.5 Å². The maximum atomic E-state index is 9.18. The maximum Gasteiger partial charge on any atom is 0.101 e. The van der Waals surface area contributed by atoms with Crippen LogP contribution in [-0.4, -0.2) is 7.05 Å². The van der Waals surface area contributed by atoms with Gasteiger partial charge in [0.25, 0.3) is 0 Å². The van der Waals surface area contributed by atoms with Crippen LogP contribution < -0.4 is 4.90 Å². The highest BCUT2D eigenvalue weighted by Crippen LogP contribution is 2.22. The van der Waals surface area contributed by atoms with Crippen LogP contribution in [0.5, 0.6) is 0 Å². The Kier molecular flexibility index (Phi) is 4.24. The summed E-state index contributed by atoms with van der Waals surface area (Å²) in [7, 11) is 2.01. The van der Waals surface area contributed by atoms with E-state index >= 15 is 0 Å². The summed E-state index contributed by atoms with van der Waals surface area (Å²) < 4.78 is 1.08. The third-order valence-corrected chi connectivity index (χ3v) is 3.55. The lowest BCUT2D eigenvalue weighted by molar-refractivity contribution is 0.919. The molecule has 2 aromatic carbocycles. The molecule has 0 atom stereocenters. The van der Waals surface area contributed by atoms with E-state index in [4.69, 9.17) is 0 Å². The summed E-state index contributed by atoms with van der Waals surface area (Å²) in [5, 5.41) is 9.18. The Labute approximate surface area is 122 Å². The molecule has 0 aromatic heterocycles. The monoisotopic (exact) mass is 314 g/mol. The van der Waals surface area contributed by atoms with Gasteiger partial charge in [-0.3, -0.25) is 0 Å². The molecule has 0 bridgehead atoms. The van der Waals surface area contributed by atoms with Gasteiger partial charge >= 0.3 is 0 Å². The van der Waals surface area contributed by atoms with Crippen molar-refractivity contribution in [3.8, 4) is 6.07 Å². The van der Waals surface area contributed by atoms with Gasteiger partial charge in [0.05, 0.1) is 11.3 Å². The fourth-order valence-electron chi connectivity index (χ4n) is 2.00. The molecule has 3 heteroatoms. The Morgan fingerprint density at radius 1 is 1.16 bits per heavy atom. The van der Waals surface area contributed by atoms with Gasteiger partial charge in [0.2, 0.25) is 0 Å². The first-order chi connectivity index (χ1) is 9.10. The van der Waals surface area contributed by atoms with Crippen molar-refractivity contribution in [3.05, 3.63) is 63.6 Å². The lowest BCUT2D eigenvalue weighted by Gasteiger charge is -2.21. The van der Waals surface area contributed by atoms with Crippen LogP contribution in [0.15, 0.2) is 46.9 Å². The highest BCUT2D eigenvalue weighted by Gasteiger charge is 2.08. The zero-order valence-electron chi connectivity index (χ0n) is 11.0. The van der Waals surface area contributed by atoms with Crippen molar-refractivity contribution in [2.75, 3.05) is 11.9 Å². The lowest BCUT2D eigenvalue weighted by atomic mass is 10.1. The van der Waals surface area contributed by atoms with E-state index in [0.29, 0.717) is 5.56 Å². The normalized spacial score (nSPS) is 10.0. The smallest absolute Gasteiger partial charge is 0.101 e. The van der Waals surface area contributed by atoms with Crippen LogP contribution in [-0.2, 0) is 6.54 Å². The van der Waals surface area contributed by atoms with E-state index in [1.165, 1.54) is 5.56 Å². The van der Waals surface area contributed by atoms with Crippen molar-refractivity contribution in [2.24, 2.45) is 0 Å². The summed E-state index contributed by atoms with van der Waals surface area (Å²) in [5.74, 6) is 0. The van der Waals surface area contributed by atoms with Crippen molar-refractivity contribution in [1.82, 2.24) is 0 Å². The number of anilines is 1. The Morgan fingerprint density at radius 3 is 2.47 bits per heavy atom. The van der Waals surface area contributed by atoms with Gasteiger partial charge in [-0.1, -0.05) is 34.1 Å². The molecular weight excluding hydrogens is 300 g/mol. The predicted molar refractivity (Wildman–Crippen MR) is 82.1 cm³/mol. The highest BCUT2D eigenvalue weighted by atomic mass is 79.9. The molecule has 2 aromatic rings. The second kappa shape index (κ2) is 5.90. The molecule has 0 amide bonds. The van der Waals surface area contributed by atoms with Gasteiger partial charge in [-0.25, -0.2) is 0 Å². The van der Waals surface area contributed by atoms with Crippen molar-refractivity contribution in [3.63, 3.8) is 0 Å². The topological polar surface area (TPSA) is 27.0 Å². The summed E-state index contributed by atoms with van der Waals surface area (Å²) in [6, 6.07) is 16.4. The average Bonchev–Trinajstić information content (AvgIpc) is 2.41. The Balaban J connectivity index is 2.25. The molecule has 2 rings (SSSR count). The van der Waals surface area contributed by atoms with Gasteiger partial charge in [0.1, 0.15) is 6.07 Å². The van der Waals surface area contributed by atoms with Crippen LogP contribution >= 0.6 is 15.9 Å². The number of hydrogen-bond acceptors (Lipinski definition) is 2. The van der Waals surface area contributed by atoms with E-state index in [1.807, 2.05) is 38.2 Å². The fourth-order valence-corrected chi connectivity index (χ4v) is 2.27. The van der Waals surface area contributed by atoms with Crippen molar-refractivity contribution < 1.29 is 0 Å². The van der Waals surface area contributed by atoms with Crippen LogP contribution in [0.25, 0.3) is 0 Å². The van der Waals surface area contributed by atoms with Crippen LogP contribution in [0.1, 0.15) is 16.7 Å². The van der Waals surface area contributed by atoms with E-state index in [9.17, 15) is 5.26 Å². The van der Waals surface area contributed by atoms with Gasteiger partial charge < -0.3 is 4.90 Å². The van der Waals surface area contributed by atoms with Gasteiger partial charge in [-0.05, 0) is 42.3 Å². The number of nitrogens with zero attached hydrogens (tertiary/aromatic N) is 2. The number of halogens is 1. The van der Waals surface area contributed by atoms with Gasteiger partial charge in [-0.2, -0.15) is 5.26 Å². The van der Waals surface area contributed by atoms with E-state index < -0.39 is 0 Å². The molecule has 0 fully saturated rings. The Morgan fingerprint density at radius 2 is 1.84 bits per heavy atom. The minimum absolute atomic E-state index is 0.713. The molecule has 0 unspecified atom stereocenters. The van der Waals surface area contributed by atoms with Gasteiger partial charge in [-0.15, -0.1) is 0 Å². The van der Waals surface area contributed by atoms with Gasteiger partial charge in [0, 0.05) is 18.1 Å². The van der Waals surface area contributed by atoms with E-state index in [-0.39, 0.29) is 0 Å². The molecule has 2 nitrogen and oxygen atoms in total. The molecule has 0 aliphatic rings. The second-order valence-electron chi connectivity index (χ2n) is 4.61. The number of rotatable bonds is 3. The predicted octanol–water partition coefficient (Wildman–Crippen LogP) is 4.27. The number of hydrogen-bond donors (Lipinski definition) is 0. The summed E-state index contributed by atoms with van der Waals surface area (Å²) in [5.41, 5.74) is 4.07. The summed E-state index contributed by atoms with van der Waals surface area (Å²) in [4.78, 5) is 2.11. The molecule has 96 valence electrons. The maximum absolute atomic E-state index is 9.18. The Bertz CT molecular complexity index is 612. The molecule has 0 saturated heterocycles. The third kappa shape index (κ3) is 3.36. The van der Waals surface area contributed by atoms with E-state index in [1.54, 1.807) is 0 Å². The minimum atomic E-state index is 0.713. The van der Waals surface area contributed by atoms with Crippen LogP contribution in [0.4, 0.5) is 5.69 Å². The summed E-state index contributed by atoms with van der Waals surface area (Å²) >= 11 is 3.43. The first-order valence-corrected chi connectivity index (χ1v) is 6.86. The summed E-state index contributed by atoms with van der Waals surface area (Å²) in [6.45, 7) is 2.82. The SMILES string of the molecule is Cc1ccc(C#N)c(N(C)Cc2ccc(Br)cc2)c1. The largest absolute Gasteiger partial charge is 0.369 e. The summed E-state index contributed by atoms with van der Waals surface area (Å²) in [6.07, 6.45) is 0. The zero-order valence-corrected chi connectivity index (χ0v) is 12.6. The van der Waals surface area contributed by atoms with Crippen LogP contribution in [0.2, 0.25) is 0 Å². The van der Waals surface area contributed by atoms with Crippen molar-refractivity contribution >= 4 is 21.6 Å².